The van der Waals surface area contributed by atoms with Gasteiger partial charge >= 0.3 is 11.9 Å². The molecule has 0 radical (unpaired) electrons. The maximum Gasteiger partial charge on any atom is 0.361 e. The lowest BCUT2D eigenvalue weighted by molar-refractivity contribution is -0.161. The van der Waals surface area contributed by atoms with Gasteiger partial charge in [0.1, 0.15) is 11.4 Å². The molecule has 41 heavy (non-hydrogen) atoms. The fourth-order valence-corrected chi connectivity index (χ4v) is 4.45. The molecule has 2 aromatic carbocycles. The summed E-state index contributed by atoms with van der Waals surface area (Å²) in [6, 6.07) is 15.8. The molecule has 2 aromatic heterocycles. The third-order valence-corrected chi connectivity index (χ3v) is 6.40. The zero-order chi connectivity index (χ0) is 29.8. The van der Waals surface area contributed by atoms with Crippen molar-refractivity contribution in [2.24, 2.45) is 5.41 Å². The van der Waals surface area contributed by atoms with E-state index in [9.17, 15) is 14.7 Å². The molecule has 2 heterocycles. The van der Waals surface area contributed by atoms with Crippen LogP contribution in [0, 0.1) is 5.41 Å². The summed E-state index contributed by atoms with van der Waals surface area (Å²) >= 11 is 0. The zero-order valence-electron chi connectivity index (χ0n) is 24.3. The third kappa shape index (κ3) is 6.86. The number of tetrazole rings is 1. The molecule has 11 nitrogen and oxygen atoms in total. The Hall–Kier alpha value is -4.38. The summed E-state index contributed by atoms with van der Waals surface area (Å²) in [5, 5.41) is 25.5. The topological polar surface area (TPSA) is 145 Å². The molecule has 4 aromatic rings. The Kier molecular flexibility index (Phi) is 8.67. The number of benzene rings is 2. The van der Waals surface area contributed by atoms with Gasteiger partial charge in [-0.3, -0.25) is 4.79 Å². The monoisotopic (exact) mass is 560 g/mol. The van der Waals surface area contributed by atoms with E-state index in [4.69, 9.17) is 9.47 Å². The first-order valence-corrected chi connectivity index (χ1v) is 13.5. The van der Waals surface area contributed by atoms with Gasteiger partial charge in [0.2, 0.25) is 12.6 Å². The minimum Gasteiger partial charge on any atom is -0.427 e. The molecule has 0 bridgehead atoms. The minimum atomic E-state index is -1.40. The van der Waals surface area contributed by atoms with Gasteiger partial charge in [-0.2, -0.15) is 5.21 Å². The first-order chi connectivity index (χ1) is 19.4. The lowest BCUT2D eigenvalue weighted by atomic mass is 9.98. The summed E-state index contributed by atoms with van der Waals surface area (Å²) < 4.78 is 12.2. The number of rotatable bonds is 10. The highest BCUT2D eigenvalue weighted by atomic mass is 16.7. The van der Waals surface area contributed by atoms with Crippen LogP contribution in [-0.4, -0.2) is 54.0 Å². The number of nitrogens with one attached hydrogen (secondary N) is 1. The summed E-state index contributed by atoms with van der Waals surface area (Å²) in [4.78, 5) is 29.7. The molecule has 0 amide bonds. The van der Waals surface area contributed by atoms with Crippen LogP contribution in [0.2, 0.25) is 0 Å². The van der Waals surface area contributed by atoms with E-state index in [-0.39, 0.29) is 5.69 Å². The van der Waals surface area contributed by atoms with Crippen molar-refractivity contribution < 1.29 is 24.2 Å². The first kappa shape index (κ1) is 29.6. The number of carbonyl (C=O) groups excluding carboxylic acids is 2. The Balaban J connectivity index is 1.62. The van der Waals surface area contributed by atoms with Gasteiger partial charge in [-0.25, -0.2) is 9.78 Å². The Morgan fingerprint density at radius 2 is 1.66 bits per heavy atom. The summed E-state index contributed by atoms with van der Waals surface area (Å²) in [7, 11) is 0. The van der Waals surface area contributed by atoms with E-state index in [1.807, 2.05) is 60.0 Å². The third-order valence-electron chi connectivity index (χ3n) is 6.40. The number of ether oxygens (including phenoxy) is 2. The predicted molar refractivity (Wildman–Crippen MR) is 151 cm³/mol. The molecule has 11 heteroatoms. The number of aryl methyl sites for hydroxylation is 1. The van der Waals surface area contributed by atoms with Gasteiger partial charge in [-0.1, -0.05) is 55.5 Å². The summed E-state index contributed by atoms with van der Waals surface area (Å²) in [6.07, 6.45) is 1.37. The van der Waals surface area contributed by atoms with E-state index >= 15 is 0 Å². The number of carbonyl (C=O) groups is 2. The van der Waals surface area contributed by atoms with Crippen LogP contribution in [0.25, 0.3) is 22.5 Å². The molecule has 0 saturated heterocycles. The van der Waals surface area contributed by atoms with Crippen LogP contribution >= 0.6 is 0 Å². The van der Waals surface area contributed by atoms with Crippen molar-refractivity contribution in [1.82, 2.24) is 30.2 Å². The van der Waals surface area contributed by atoms with Gasteiger partial charge in [0.05, 0.1) is 11.1 Å². The molecule has 0 aliphatic heterocycles. The molecule has 216 valence electrons. The fourth-order valence-electron chi connectivity index (χ4n) is 4.45. The molecular formula is C30H36N6O5. The smallest absolute Gasteiger partial charge is 0.361 e. The maximum absolute atomic E-state index is 13.1. The fraction of sp³-hybridized carbons (Fsp3) is 0.400. The normalized spacial score (nSPS) is 11.9. The summed E-state index contributed by atoms with van der Waals surface area (Å²) in [6.45, 7) is 10.2. The van der Waals surface area contributed by atoms with E-state index in [1.54, 1.807) is 34.6 Å². The average molecular weight is 561 g/mol. The molecular weight excluding hydrogens is 524 g/mol. The van der Waals surface area contributed by atoms with Gasteiger partial charge in [0.15, 0.2) is 5.69 Å². The number of aromatic nitrogens is 6. The lowest BCUT2D eigenvalue weighted by Gasteiger charge is -2.22. The van der Waals surface area contributed by atoms with Crippen molar-refractivity contribution >= 4 is 11.9 Å². The van der Waals surface area contributed by atoms with E-state index < -0.39 is 29.7 Å². The largest absolute Gasteiger partial charge is 0.427 e. The van der Waals surface area contributed by atoms with Crippen molar-refractivity contribution in [3.63, 3.8) is 0 Å². The van der Waals surface area contributed by atoms with Crippen LogP contribution in [0.1, 0.15) is 75.5 Å². The van der Waals surface area contributed by atoms with Crippen LogP contribution in [0.15, 0.2) is 48.5 Å². The van der Waals surface area contributed by atoms with Gasteiger partial charge in [0.25, 0.3) is 0 Å². The maximum atomic E-state index is 13.1. The molecule has 4 rings (SSSR count). The Bertz CT molecular complexity index is 1500. The van der Waals surface area contributed by atoms with Crippen molar-refractivity contribution in [3.8, 4) is 22.5 Å². The number of imidazole rings is 1. The van der Waals surface area contributed by atoms with E-state index in [0.717, 1.165) is 28.7 Å². The molecule has 0 spiro atoms. The second-order valence-electron chi connectivity index (χ2n) is 11.3. The number of aliphatic hydroxyl groups is 1. The molecule has 0 aliphatic carbocycles. The number of nitrogens with zero attached hydrogens (tertiary/aromatic N) is 5. The summed E-state index contributed by atoms with van der Waals surface area (Å²) in [5.74, 6) is -0.105. The highest BCUT2D eigenvalue weighted by molar-refractivity contribution is 5.89. The zero-order valence-corrected chi connectivity index (χ0v) is 24.3. The van der Waals surface area contributed by atoms with Gasteiger partial charge in [-0.15, -0.1) is 10.2 Å². The van der Waals surface area contributed by atoms with E-state index in [2.05, 4.69) is 25.6 Å². The van der Waals surface area contributed by atoms with Crippen LogP contribution in [-0.2, 0) is 32.8 Å². The Morgan fingerprint density at radius 1 is 0.976 bits per heavy atom. The number of esters is 2. The average Bonchev–Trinajstić information content (AvgIpc) is 3.58. The number of H-pyrrole nitrogens is 1. The Labute approximate surface area is 238 Å². The number of hydrogen-bond donors (Lipinski definition) is 2. The van der Waals surface area contributed by atoms with Crippen LogP contribution in [0.5, 0.6) is 0 Å². The van der Waals surface area contributed by atoms with Gasteiger partial charge in [0, 0.05) is 18.5 Å². The molecule has 2 N–H and O–H groups in total. The standard InChI is InChI=1S/C30H36N6O5/c1-7-10-23-31-24(27(37)40-18-41-28(38)29(2,3)4)25(30(5,6)39)36(23)17-19-13-15-20(16-14-19)21-11-8-9-12-22(21)26-32-34-35-33-26/h8-9,11-16,39H,7,10,17-18H2,1-6H3,(H,32,33,34,35). The SMILES string of the molecule is CCCc1nc(C(=O)OCOC(=O)C(C)(C)C)c(C(C)(C)O)n1Cc1ccc(-c2ccccc2-c2nn[nH]n2)cc1. The molecule has 0 saturated carbocycles. The first-order valence-electron chi connectivity index (χ1n) is 13.5. The van der Waals surface area contributed by atoms with Gasteiger partial charge in [-0.05, 0) is 62.9 Å². The number of hydrogen-bond acceptors (Lipinski definition) is 9. The molecule has 0 aliphatic rings. The molecule has 0 unspecified atom stereocenters. The van der Waals surface area contributed by atoms with Crippen molar-refractivity contribution in [2.45, 2.75) is 66.5 Å². The predicted octanol–water partition coefficient (Wildman–Crippen LogP) is 4.66. The van der Waals surface area contributed by atoms with Crippen LogP contribution < -0.4 is 0 Å². The van der Waals surface area contributed by atoms with E-state index in [0.29, 0.717) is 30.3 Å². The van der Waals surface area contributed by atoms with Gasteiger partial charge < -0.3 is 19.1 Å². The minimum absolute atomic E-state index is 0.00147. The highest BCUT2D eigenvalue weighted by Crippen LogP contribution is 2.31. The Morgan fingerprint density at radius 3 is 2.24 bits per heavy atom. The second-order valence-corrected chi connectivity index (χ2v) is 11.3. The molecule has 0 atom stereocenters. The van der Waals surface area contributed by atoms with Crippen molar-refractivity contribution in [1.29, 1.82) is 0 Å². The lowest BCUT2D eigenvalue weighted by Crippen LogP contribution is -2.27. The van der Waals surface area contributed by atoms with Crippen molar-refractivity contribution in [2.75, 3.05) is 6.79 Å². The second kappa shape index (κ2) is 12.0. The van der Waals surface area contributed by atoms with Crippen LogP contribution in [0.3, 0.4) is 0 Å². The molecule has 0 fully saturated rings. The van der Waals surface area contributed by atoms with Crippen LogP contribution in [0.4, 0.5) is 0 Å². The number of aromatic amines is 1. The van der Waals surface area contributed by atoms with E-state index in [1.165, 1.54) is 0 Å². The van der Waals surface area contributed by atoms with Crippen molar-refractivity contribution in [3.05, 3.63) is 71.3 Å². The summed E-state index contributed by atoms with van der Waals surface area (Å²) in [5.41, 5.74) is 1.94. The highest BCUT2D eigenvalue weighted by Gasteiger charge is 2.33. The quantitative estimate of drug-likeness (QED) is 0.209.